The molecule has 0 aliphatic carbocycles. The van der Waals surface area contributed by atoms with Crippen LogP contribution in [0.1, 0.15) is 11.1 Å². The number of nitrogens with zero attached hydrogens (tertiary/aromatic N) is 2. The summed E-state index contributed by atoms with van der Waals surface area (Å²) in [6.07, 6.45) is 0. The Labute approximate surface area is 157 Å². The van der Waals surface area contributed by atoms with Gasteiger partial charge in [0.25, 0.3) is 5.69 Å². The van der Waals surface area contributed by atoms with Crippen molar-refractivity contribution in [1.82, 2.24) is 4.90 Å². The molecule has 0 saturated heterocycles. The summed E-state index contributed by atoms with van der Waals surface area (Å²) in [6, 6.07) is 18.8. The number of nitro groups is 1. The number of non-ortho nitro benzene ring substituents is 1. The summed E-state index contributed by atoms with van der Waals surface area (Å²) in [7, 11) is 1.87. The van der Waals surface area contributed by atoms with E-state index in [1.54, 1.807) is 13.0 Å². The number of carbonyl (C=O) groups excluding carboxylic acids is 1. The molecule has 0 aliphatic heterocycles. The number of fused-ring (bicyclic) bond motifs is 1. The minimum absolute atomic E-state index is 0.0413. The van der Waals surface area contributed by atoms with E-state index in [0.29, 0.717) is 12.2 Å². The van der Waals surface area contributed by atoms with Crippen LogP contribution in [0.5, 0.6) is 0 Å². The van der Waals surface area contributed by atoms with E-state index in [4.69, 9.17) is 0 Å². The van der Waals surface area contributed by atoms with Crippen molar-refractivity contribution in [2.24, 2.45) is 0 Å². The van der Waals surface area contributed by atoms with E-state index in [9.17, 15) is 14.9 Å². The highest BCUT2D eigenvalue weighted by atomic mass is 16.6. The van der Waals surface area contributed by atoms with E-state index in [0.717, 1.165) is 11.1 Å². The number of amides is 1. The number of hydrogen-bond acceptors (Lipinski definition) is 4. The quantitative estimate of drug-likeness (QED) is 0.528. The molecule has 0 spiro atoms. The van der Waals surface area contributed by atoms with Gasteiger partial charge in [0.2, 0.25) is 5.91 Å². The third kappa shape index (κ3) is 4.68. The summed E-state index contributed by atoms with van der Waals surface area (Å²) in [4.78, 5) is 24.7. The summed E-state index contributed by atoms with van der Waals surface area (Å²) in [5.41, 5.74) is 2.33. The minimum Gasteiger partial charge on any atom is -0.324 e. The molecule has 3 aromatic carbocycles. The maximum absolute atomic E-state index is 12.3. The van der Waals surface area contributed by atoms with E-state index in [-0.39, 0.29) is 18.1 Å². The van der Waals surface area contributed by atoms with Gasteiger partial charge in [-0.05, 0) is 41.9 Å². The zero-order valence-electron chi connectivity index (χ0n) is 15.3. The smallest absolute Gasteiger partial charge is 0.271 e. The predicted molar refractivity (Wildman–Crippen MR) is 107 cm³/mol. The molecule has 0 unspecified atom stereocenters. The van der Waals surface area contributed by atoms with Crippen LogP contribution in [0.3, 0.4) is 0 Å². The number of nitrogens with one attached hydrogen (secondary N) is 1. The molecule has 0 radical (unpaired) electrons. The van der Waals surface area contributed by atoms with Crippen molar-refractivity contribution < 1.29 is 9.72 Å². The first-order valence-electron chi connectivity index (χ1n) is 8.63. The van der Waals surface area contributed by atoms with Gasteiger partial charge < -0.3 is 5.32 Å². The maximum Gasteiger partial charge on any atom is 0.271 e. The molecular formula is C21H21N3O3. The molecule has 0 bridgehead atoms. The van der Waals surface area contributed by atoms with Gasteiger partial charge in [-0.2, -0.15) is 0 Å². The van der Waals surface area contributed by atoms with Gasteiger partial charge in [0.15, 0.2) is 0 Å². The zero-order valence-corrected chi connectivity index (χ0v) is 15.3. The average molecular weight is 363 g/mol. The van der Waals surface area contributed by atoms with Crippen molar-refractivity contribution in [3.05, 3.63) is 81.9 Å². The van der Waals surface area contributed by atoms with E-state index in [1.807, 2.05) is 24.1 Å². The number of hydrogen-bond donors (Lipinski definition) is 1. The SMILES string of the molecule is Cc1ccc([N+](=O)[O-])cc1NC(=O)CN(C)Cc1ccc2ccccc2c1. The lowest BCUT2D eigenvalue weighted by Gasteiger charge is -2.17. The van der Waals surface area contributed by atoms with Gasteiger partial charge in [0.1, 0.15) is 0 Å². The monoisotopic (exact) mass is 363 g/mol. The lowest BCUT2D eigenvalue weighted by atomic mass is 10.1. The van der Waals surface area contributed by atoms with Crippen LogP contribution in [0.2, 0.25) is 0 Å². The fraction of sp³-hybridized carbons (Fsp3) is 0.190. The van der Waals surface area contributed by atoms with Crippen molar-refractivity contribution in [2.45, 2.75) is 13.5 Å². The average Bonchev–Trinajstić information content (AvgIpc) is 2.63. The zero-order chi connectivity index (χ0) is 19.4. The Morgan fingerprint density at radius 1 is 1.07 bits per heavy atom. The van der Waals surface area contributed by atoms with Crippen LogP contribution in [-0.2, 0) is 11.3 Å². The molecule has 27 heavy (non-hydrogen) atoms. The second kappa shape index (κ2) is 7.97. The normalized spacial score (nSPS) is 10.9. The second-order valence-electron chi connectivity index (χ2n) is 6.66. The molecule has 0 aromatic heterocycles. The van der Waals surface area contributed by atoms with Gasteiger partial charge in [0, 0.05) is 18.7 Å². The van der Waals surface area contributed by atoms with Crippen molar-refractivity contribution in [3.63, 3.8) is 0 Å². The van der Waals surface area contributed by atoms with Gasteiger partial charge in [0.05, 0.1) is 17.2 Å². The topological polar surface area (TPSA) is 75.5 Å². The lowest BCUT2D eigenvalue weighted by Crippen LogP contribution is -2.30. The molecule has 6 nitrogen and oxygen atoms in total. The Morgan fingerprint density at radius 2 is 1.81 bits per heavy atom. The largest absolute Gasteiger partial charge is 0.324 e. The molecule has 0 heterocycles. The van der Waals surface area contributed by atoms with Crippen molar-refractivity contribution >= 4 is 28.1 Å². The first-order valence-corrected chi connectivity index (χ1v) is 8.63. The molecule has 1 amide bonds. The number of anilines is 1. The Morgan fingerprint density at radius 3 is 2.56 bits per heavy atom. The Hall–Kier alpha value is -3.25. The summed E-state index contributed by atoms with van der Waals surface area (Å²) >= 11 is 0. The van der Waals surface area contributed by atoms with Gasteiger partial charge >= 0.3 is 0 Å². The van der Waals surface area contributed by atoms with Crippen LogP contribution in [0.4, 0.5) is 11.4 Å². The van der Waals surface area contributed by atoms with E-state index in [1.165, 1.54) is 22.9 Å². The molecule has 0 aliphatic rings. The predicted octanol–water partition coefficient (Wildman–Crippen LogP) is 4.13. The molecule has 0 atom stereocenters. The first-order chi connectivity index (χ1) is 12.9. The van der Waals surface area contributed by atoms with Gasteiger partial charge in [-0.3, -0.25) is 19.8 Å². The maximum atomic E-state index is 12.3. The molecular weight excluding hydrogens is 342 g/mol. The van der Waals surface area contributed by atoms with Crippen LogP contribution >= 0.6 is 0 Å². The van der Waals surface area contributed by atoms with E-state index in [2.05, 4.69) is 35.6 Å². The first kappa shape index (κ1) is 18.5. The Balaban J connectivity index is 1.63. The number of carbonyl (C=O) groups is 1. The number of benzene rings is 3. The molecule has 0 saturated carbocycles. The van der Waals surface area contributed by atoms with Crippen LogP contribution < -0.4 is 5.32 Å². The summed E-state index contributed by atoms with van der Waals surface area (Å²) in [5.74, 6) is -0.207. The van der Waals surface area contributed by atoms with Crippen LogP contribution in [-0.4, -0.2) is 29.3 Å². The summed E-state index contributed by atoms with van der Waals surface area (Å²) < 4.78 is 0. The summed E-state index contributed by atoms with van der Waals surface area (Å²) in [5, 5.41) is 16.0. The number of aryl methyl sites for hydroxylation is 1. The van der Waals surface area contributed by atoms with E-state index >= 15 is 0 Å². The molecule has 1 N–H and O–H groups in total. The number of rotatable bonds is 6. The van der Waals surface area contributed by atoms with Crippen molar-refractivity contribution in [1.29, 1.82) is 0 Å². The Bertz CT molecular complexity index is 1000. The fourth-order valence-corrected chi connectivity index (χ4v) is 3.00. The van der Waals surface area contributed by atoms with Gasteiger partial charge in [-0.25, -0.2) is 0 Å². The molecule has 138 valence electrons. The van der Waals surface area contributed by atoms with Crippen LogP contribution in [0.25, 0.3) is 10.8 Å². The fourth-order valence-electron chi connectivity index (χ4n) is 3.00. The van der Waals surface area contributed by atoms with E-state index < -0.39 is 4.92 Å². The standard InChI is InChI=1S/C21H21N3O3/c1-15-7-10-19(24(26)27)12-20(15)22-21(25)14-23(2)13-16-8-9-17-5-3-4-6-18(17)11-16/h3-12H,13-14H2,1-2H3,(H,22,25). The molecule has 3 aromatic rings. The second-order valence-corrected chi connectivity index (χ2v) is 6.66. The number of nitro benzene ring substituents is 1. The minimum atomic E-state index is -0.471. The highest BCUT2D eigenvalue weighted by Gasteiger charge is 2.13. The lowest BCUT2D eigenvalue weighted by molar-refractivity contribution is -0.384. The van der Waals surface area contributed by atoms with Crippen molar-refractivity contribution in [3.8, 4) is 0 Å². The van der Waals surface area contributed by atoms with Gasteiger partial charge in [-0.15, -0.1) is 0 Å². The van der Waals surface area contributed by atoms with Gasteiger partial charge in [-0.1, -0.05) is 42.5 Å². The molecule has 0 fully saturated rings. The molecule has 6 heteroatoms. The van der Waals surface area contributed by atoms with Crippen molar-refractivity contribution in [2.75, 3.05) is 18.9 Å². The van der Waals surface area contributed by atoms with Crippen LogP contribution in [0, 0.1) is 17.0 Å². The highest BCUT2D eigenvalue weighted by Crippen LogP contribution is 2.22. The highest BCUT2D eigenvalue weighted by molar-refractivity contribution is 5.93. The molecule has 3 rings (SSSR count). The third-order valence-electron chi connectivity index (χ3n) is 4.39. The third-order valence-corrected chi connectivity index (χ3v) is 4.39. The Kier molecular flexibility index (Phi) is 5.47. The summed E-state index contributed by atoms with van der Waals surface area (Å²) in [6.45, 7) is 2.62. The number of likely N-dealkylation sites (N-methyl/N-ethyl adjacent to an activating group) is 1. The van der Waals surface area contributed by atoms with Crippen LogP contribution in [0.15, 0.2) is 60.7 Å².